The summed E-state index contributed by atoms with van der Waals surface area (Å²) < 4.78 is 20.6. The van der Waals surface area contributed by atoms with E-state index in [-0.39, 0.29) is 18.3 Å². The summed E-state index contributed by atoms with van der Waals surface area (Å²) in [4.78, 5) is 16.3. The second-order valence-corrected chi connectivity index (χ2v) is 7.30. The SMILES string of the molecule is O=C(COc1ccccc1F)N1CCN(Cc2nnnn2-c2ccc(Cl)cc2)CC1. The Kier molecular flexibility index (Phi) is 6.20. The molecule has 0 bridgehead atoms. The zero-order valence-electron chi connectivity index (χ0n) is 16.1. The molecule has 1 aliphatic heterocycles. The largest absolute Gasteiger partial charge is 0.481 e. The van der Waals surface area contributed by atoms with Crippen molar-refractivity contribution in [1.82, 2.24) is 30.0 Å². The van der Waals surface area contributed by atoms with E-state index < -0.39 is 5.82 Å². The molecule has 1 saturated heterocycles. The quantitative estimate of drug-likeness (QED) is 0.596. The van der Waals surface area contributed by atoms with E-state index in [9.17, 15) is 9.18 Å². The van der Waals surface area contributed by atoms with Gasteiger partial charge in [-0.2, -0.15) is 4.68 Å². The molecule has 1 fully saturated rings. The number of hydrogen-bond donors (Lipinski definition) is 0. The number of aromatic nitrogens is 4. The van der Waals surface area contributed by atoms with Crippen molar-refractivity contribution in [2.75, 3.05) is 32.8 Å². The molecule has 1 aromatic heterocycles. The molecule has 1 aliphatic rings. The Morgan fingerprint density at radius 2 is 1.80 bits per heavy atom. The fraction of sp³-hybridized carbons (Fsp3) is 0.300. The first-order chi connectivity index (χ1) is 14.6. The minimum absolute atomic E-state index is 0.0820. The third-order valence-electron chi connectivity index (χ3n) is 4.88. The molecule has 2 heterocycles. The van der Waals surface area contributed by atoms with Crippen molar-refractivity contribution in [3.05, 3.63) is 65.2 Å². The zero-order valence-corrected chi connectivity index (χ0v) is 16.9. The van der Waals surface area contributed by atoms with Gasteiger partial charge >= 0.3 is 0 Å². The van der Waals surface area contributed by atoms with Crippen LogP contribution >= 0.6 is 11.6 Å². The van der Waals surface area contributed by atoms with Gasteiger partial charge in [0.15, 0.2) is 24.0 Å². The summed E-state index contributed by atoms with van der Waals surface area (Å²) in [6.45, 7) is 2.85. The molecule has 1 amide bonds. The van der Waals surface area contributed by atoms with Gasteiger partial charge in [0.1, 0.15) is 0 Å². The Bertz CT molecular complexity index is 1000. The van der Waals surface area contributed by atoms with Gasteiger partial charge in [-0.15, -0.1) is 5.10 Å². The van der Waals surface area contributed by atoms with Crippen LogP contribution in [0.15, 0.2) is 48.5 Å². The molecule has 4 rings (SSSR count). The number of hydrogen-bond acceptors (Lipinski definition) is 6. The fourth-order valence-electron chi connectivity index (χ4n) is 3.24. The molecule has 8 nitrogen and oxygen atoms in total. The van der Waals surface area contributed by atoms with Crippen molar-refractivity contribution >= 4 is 17.5 Å². The molecule has 10 heteroatoms. The molecule has 30 heavy (non-hydrogen) atoms. The molecule has 0 unspecified atom stereocenters. The molecule has 0 aliphatic carbocycles. The number of benzene rings is 2. The Hall–Kier alpha value is -3.04. The normalized spacial score (nSPS) is 14.7. The van der Waals surface area contributed by atoms with E-state index >= 15 is 0 Å². The van der Waals surface area contributed by atoms with Crippen molar-refractivity contribution in [2.24, 2.45) is 0 Å². The van der Waals surface area contributed by atoms with Crippen LogP contribution in [0.5, 0.6) is 5.75 Å². The number of carbonyl (C=O) groups is 1. The average molecular weight is 431 g/mol. The summed E-state index contributed by atoms with van der Waals surface area (Å²) in [6.07, 6.45) is 0. The van der Waals surface area contributed by atoms with E-state index in [2.05, 4.69) is 20.4 Å². The summed E-state index contributed by atoms with van der Waals surface area (Å²) in [5.74, 6) is 0.149. The molecule has 3 aromatic rings. The molecule has 2 aromatic carbocycles. The van der Waals surface area contributed by atoms with E-state index in [1.54, 1.807) is 33.8 Å². The van der Waals surface area contributed by atoms with Gasteiger partial charge in [0.05, 0.1) is 12.2 Å². The number of para-hydroxylation sites is 1. The fourth-order valence-corrected chi connectivity index (χ4v) is 3.36. The van der Waals surface area contributed by atoms with Gasteiger partial charge in [-0.3, -0.25) is 9.69 Å². The first kappa shape index (κ1) is 20.2. The zero-order chi connectivity index (χ0) is 20.9. The number of carbonyl (C=O) groups excluding carboxylic acids is 1. The maximum Gasteiger partial charge on any atom is 0.260 e. The third-order valence-corrected chi connectivity index (χ3v) is 5.14. The Balaban J connectivity index is 1.29. The molecule has 0 spiro atoms. The van der Waals surface area contributed by atoms with Crippen LogP contribution in [-0.4, -0.2) is 68.7 Å². The summed E-state index contributed by atoms with van der Waals surface area (Å²) >= 11 is 5.94. The minimum Gasteiger partial charge on any atom is -0.481 e. The topological polar surface area (TPSA) is 76.4 Å². The highest BCUT2D eigenvalue weighted by Crippen LogP contribution is 2.17. The number of rotatable bonds is 6. The molecular weight excluding hydrogens is 411 g/mol. The molecule has 0 N–H and O–H groups in total. The Morgan fingerprint density at radius 1 is 1.07 bits per heavy atom. The molecule has 0 radical (unpaired) electrons. The molecular formula is C20H20ClFN6O2. The van der Waals surface area contributed by atoms with Gasteiger partial charge in [-0.05, 0) is 46.8 Å². The lowest BCUT2D eigenvalue weighted by atomic mass is 10.3. The van der Waals surface area contributed by atoms with Crippen LogP contribution in [0, 0.1) is 5.82 Å². The predicted molar refractivity (Wildman–Crippen MR) is 108 cm³/mol. The highest BCUT2D eigenvalue weighted by Gasteiger charge is 2.23. The van der Waals surface area contributed by atoms with Gasteiger partial charge in [0.25, 0.3) is 5.91 Å². The van der Waals surface area contributed by atoms with Crippen LogP contribution < -0.4 is 4.74 Å². The van der Waals surface area contributed by atoms with E-state index in [4.69, 9.17) is 16.3 Å². The maximum absolute atomic E-state index is 13.6. The first-order valence-electron chi connectivity index (χ1n) is 9.51. The number of amides is 1. The smallest absolute Gasteiger partial charge is 0.260 e. The average Bonchev–Trinajstić information content (AvgIpc) is 3.22. The van der Waals surface area contributed by atoms with Gasteiger partial charge < -0.3 is 9.64 Å². The monoisotopic (exact) mass is 430 g/mol. The minimum atomic E-state index is -0.478. The molecule has 0 atom stereocenters. The van der Waals surface area contributed by atoms with Crippen LogP contribution in [-0.2, 0) is 11.3 Å². The Morgan fingerprint density at radius 3 is 2.53 bits per heavy atom. The van der Waals surface area contributed by atoms with Crippen molar-refractivity contribution < 1.29 is 13.9 Å². The van der Waals surface area contributed by atoms with Crippen LogP contribution in [0.4, 0.5) is 4.39 Å². The van der Waals surface area contributed by atoms with Crippen molar-refractivity contribution in [3.8, 4) is 11.4 Å². The number of ether oxygens (including phenoxy) is 1. The lowest BCUT2D eigenvalue weighted by molar-refractivity contribution is -0.135. The van der Waals surface area contributed by atoms with Crippen LogP contribution in [0.1, 0.15) is 5.82 Å². The van der Waals surface area contributed by atoms with Crippen LogP contribution in [0.3, 0.4) is 0 Å². The van der Waals surface area contributed by atoms with Crippen molar-refractivity contribution in [2.45, 2.75) is 6.54 Å². The second kappa shape index (κ2) is 9.19. The first-order valence-corrected chi connectivity index (χ1v) is 9.88. The van der Waals surface area contributed by atoms with E-state index in [0.717, 1.165) is 5.69 Å². The number of tetrazole rings is 1. The summed E-state index contributed by atoms with van der Waals surface area (Å²) in [5, 5.41) is 12.6. The maximum atomic E-state index is 13.6. The van der Waals surface area contributed by atoms with E-state index in [0.29, 0.717) is 43.6 Å². The highest BCUT2D eigenvalue weighted by atomic mass is 35.5. The lowest BCUT2D eigenvalue weighted by Crippen LogP contribution is -2.49. The highest BCUT2D eigenvalue weighted by molar-refractivity contribution is 6.30. The van der Waals surface area contributed by atoms with Crippen molar-refractivity contribution in [3.63, 3.8) is 0 Å². The van der Waals surface area contributed by atoms with Gasteiger partial charge in [-0.25, -0.2) is 4.39 Å². The van der Waals surface area contributed by atoms with Gasteiger partial charge in [-0.1, -0.05) is 23.7 Å². The Labute approximate surface area is 177 Å². The predicted octanol–water partition coefficient (Wildman–Crippen LogP) is 2.18. The van der Waals surface area contributed by atoms with Gasteiger partial charge in [0.2, 0.25) is 0 Å². The number of halogens is 2. The molecule has 0 saturated carbocycles. The summed E-state index contributed by atoms with van der Waals surface area (Å²) in [7, 11) is 0. The number of nitrogens with zero attached hydrogens (tertiary/aromatic N) is 6. The van der Waals surface area contributed by atoms with Crippen LogP contribution in [0.25, 0.3) is 5.69 Å². The third kappa shape index (κ3) is 4.74. The summed E-state index contributed by atoms with van der Waals surface area (Å²) in [6, 6.07) is 13.3. The second-order valence-electron chi connectivity index (χ2n) is 6.86. The van der Waals surface area contributed by atoms with Gasteiger partial charge in [0, 0.05) is 31.2 Å². The van der Waals surface area contributed by atoms with E-state index in [1.807, 2.05) is 12.1 Å². The van der Waals surface area contributed by atoms with Crippen molar-refractivity contribution in [1.29, 1.82) is 0 Å². The van der Waals surface area contributed by atoms with E-state index in [1.165, 1.54) is 12.1 Å². The molecule has 156 valence electrons. The number of piperazine rings is 1. The summed E-state index contributed by atoms with van der Waals surface area (Å²) in [5.41, 5.74) is 0.832. The lowest BCUT2D eigenvalue weighted by Gasteiger charge is -2.34. The van der Waals surface area contributed by atoms with Crippen LogP contribution in [0.2, 0.25) is 5.02 Å². The standard InChI is InChI=1S/C20H20ClFN6O2/c21-15-5-7-16(8-6-15)28-19(23-24-25-28)13-26-9-11-27(12-10-26)20(29)14-30-18-4-2-1-3-17(18)22/h1-8H,9-14H2.